The second kappa shape index (κ2) is 41.4. The lowest BCUT2D eigenvalue weighted by Crippen LogP contribution is -2.13. The normalized spacial score (nSPS) is 11.8. The topological polar surface area (TPSA) is 66.8 Å². The van der Waals surface area contributed by atoms with Gasteiger partial charge in [0.2, 0.25) is 0 Å². The van der Waals surface area contributed by atoms with Crippen LogP contribution in [0.5, 0.6) is 0 Å². The number of rotatable bonds is 35. The zero-order valence-corrected chi connectivity index (χ0v) is 29.8. The van der Waals surface area contributed by atoms with Crippen LogP contribution in [-0.4, -0.2) is 35.5 Å². The molecule has 0 saturated carbocycles. The summed E-state index contributed by atoms with van der Waals surface area (Å²) in [6, 6.07) is 0. The Morgan fingerprint density at radius 2 is 0.581 bits per heavy atom. The monoisotopic (exact) mass is 613 g/mol. The van der Waals surface area contributed by atoms with Gasteiger partial charge in [-0.25, -0.2) is 4.79 Å². The van der Waals surface area contributed by atoms with Crippen molar-refractivity contribution in [3.63, 3.8) is 0 Å². The summed E-state index contributed by atoms with van der Waals surface area (Å²) in [4.78, 5) is 9.45. The summed E-state index contributed by atoms with van der Waals surface area (Å²) in [5.41, 5.74) is 0. The second-order valence-corrected chi connectivity index (χ2v) is 13.2. The van der Waals surface area contributed by atoms with Crippen molar-refractivity contribution >= 4 is 5.97 Å². The first-order chi connectivity index (χ1) is 21.1. The van der Waals surface area contributed by atoms with E-state index in [1.54, 1.807) is 0 Å². The third kappa shape index (κ3) is 45.9. The third-order valence-electron chi connectivity index (χ3n) is 8.64. The van der Waals surface area contributed by atoms with Crippen LogP contribution in [-0.2, 0) is 9.53 Å². The first-order valence-electron chi connectivity index (χ1n) is 19.5. The Bertz CT molecular complexity index is 460. The molecule has 0 bridgehead atoms. The summed E-state index contributed by atoms with van der Waals surface area (Å²) in [6.07, 6.45) is 44.8. The van der Waals surface area contributed by atoms with Gasteiger partial charge in [0.05, 0.1) is 0 Å². The minimum Gasteiger partial charge on any atom is -0.479 e. The van der Waals surface area contributed by atoms with Crippen molar-refractivity contribution in [2.75, 3.05) is 13.2 Å². The molecule has 1 atom stereocenters. The molecule has 260 valence electrons. The van der Waals surface area contributed by atoms with Crippen molar-refractivity contribution in [1.29, 1.82) is 0 Å². The number of hydrogen-bond donors (Lipinski definition) is 2. The fraction of sp³-hybridized carbons (Fsp3) is 0.974. The van der Waals surface area contributed by atoms with Gasteiger partial charge in [0, 0.05) is 13.2 Å². The smallest absolute Gasteiger partial charge is 0.332 e. The first-order valence-corrected chi connectivity index (χ1v) is 19.5. The lowest BCUT2D eigenvalue weighted by atomic mass is 10.0. The van der Waals surface area contributed by atoms with Gasteiger partial charge in [0.15, 0.2) is 0 Å². The molecule has 0 amide bonds. The van der Waals surface area contributed by atoms with Crippen molar-refractivity contribution in [2.24, 2.45) is 0 Å². The lowest BCUT2D eigenvalue weighted by Gasteiger charge is -2.06. The molecule has 0 aromatic carbocycles. The van der Waals surface area contributed by atoms with E-state index in [4.69, 9.17) is 14.9 Å². The summed E-state index contributed by atoms with van der Waals surface area (Å²) in [6.45, 7) is 7.80. The summed E-state index contributed by atoms with van der Waals surface area (Å²) < 4.78 is 5.87. The number of carbonyl (C=O) groups is 1. The van der Waals surface area contributed by atoms with Crippen LogP contribution < -0.4 is 0 Å². The largest absolute Gasteiger partial charge is 0.479 e. The van der Waals surface area contributed by atoms with Gasteiger partial charge in [-0.2, -0.15) is 0 Å². The average Bonchev–Trinajstić information content (AvgIpc) is 2.99. The van der Waals surface area contributed by atoms with Gasteiger partial charge >= 0.3 is 5.97 Å². The van der Waals surface area contributed by atoms with E-state index in [9.17, 15) is 4.79 Å². The molecule has 0 radical (unpaired) electrons. The molecule has 4 heteroatoms. The zero-order chi connectivity index (χ0) is 31.9. The molecule has 0 aromatic heterocycles. The maximum Gasteiger partial charge on any atom is 0.332 e. The highest BCUT2D eigenvalue weighted by Crippen LogP contribution is 2.15. The van der Waals surface area contributed by atoms with Crippen molar-refractivity contribution in [2.45, 2.75) is 232 Å². The maximum absolute atomic E-state index is 9.45. The van der Waals surface area contributed by atoms with E-state index in [2.05, 4.69) is 13.8 Å². The van der Waals surface area contributed by atoms with Gasteiger partial charge in [-0.1, -0.05) is 206 Å². The molecule has 0 heterocycles. The molecule has 2 N–H and O–H groups in total. The van der Waals surface area contributed by atoms with E-state index in [0.29, 0.717) is 0 Å². The highest BCUT2D eigenvalue weighted by molar-refractivity contribution is 5.71. The first kappa shape index (κ1) is 44.5. The van der Waals surface area contributed by atoms with Crippen molar-refractivity contribution < 1.29 is 19.7 Å². The van der Waals surface area contributed by atoms with Crippen molar-refractivity contribution in [3.8, 4) is 0 Å². The van der Waals surface area contributed by atoms with Crippen LogP contribution in [0.15, 0.2) is 0 Å². The van der Waals surface area contributed by atoms with Crippen LogP contribution in [0.3, 0.4) is 0 Å². The van der Waals surface area contributed by atoms with Gasteiger partial charge < -0.3 is 14.9 Å². The van der Waals surface area contributed by atoms with Crippen LogP contribution in [0.4, 0.5) is 0 Å². The molecule has 0 aromatic rings. The number of unbranched alkanes of at least 4 members (excludes halogenated alkanes) is 30. The second-order valence-electron chi connectivity index (χ2n) is 13.2. The molecule has 0 spiro atoms. The summed E-state index contributed by atoms with van der Waals surface area (Å²) in [7, 11) is 0. The van der Waals surface area contributed by atoms with Crippen LogP contribution in [0.25, 0.3) is 0 Å². The number of ether oxygens (including phenoxy) is 1. The zero-order valence-electron chi connectivity index (χ0n) is 29.8. The van der Waals surface area contributed by atoms with E-state index in [0.717, 1.165) is 13.2 Å². The highest BCUT2D eigenvalue weighted by atomic mass is 16.5. The number of aliphatic carboxylic acids is 1. The highest BCUT2D eigenvalue weighted by Gasteiger charge is 2.01. The van der Waals surface area contributed by atoms with E-state index in [-0.39, 0.29) is 0 Å². The molecule has 0 aliphatic carbocycles. The molecule has 0 saturated heterocycles. The van der Waals surface area contributed by atoms with Gasteiger partial charge in [0.25, 0.3) is 0 Å². The summed E-state index contributed by atoms with van der Waals surface area (Å²) in [5, 5.41) is 15.8. The van der Waals surface area contributed by atoms with Crippen LogP contribution in [0, 0.1) is 0 Å². The minimum absolute atomic E-state index is 0.997. The van der Waals surface area contributed by atoms with Gasteiger partial charge in [-0.3, -0.25) is 0 Å². The van der Waals surface area contributed by atoms with E-state index >= 15 is 0 Å². The Kier molecular flexibility index (Phi) is 42.8. The van der Waals surface area contributed by atoms with Gasteiger partial charge in [-0.15, -0.1) is 0 Å². The Balaban J connectivity index is 0. The van der Waals surface area contributed by atoms with Crippen LogP contribution >= 0.6 is 0 Å². The molecule has 4 nitrogen and oxygen atoms in total. The average molecular weight is 613 g/mol. The SMILES string of the molecule is CC(O)C(=O)O.CCCCCCCCCCCCCCCCCCOCCCCCCCCCCCCCCCCCC. The Morgan fingerprint density at radius 3 is 0.744 bits per heavy atom. The van der Waals surface area contributed by atoms with E-state index < -0.39 is 12.1 Å². The molecule has 43 heavy (non-hydrogen) atoms. The number of aliphatic hydroxyl groups excluding tert-OH is 1. The number of carboxylic acid groups (broad SMARTS) is 1. The molecule has 1 unspecified atom stereocenters. The standard InChI is InChI=1S/C36H74O.C3H6O3/c1-3-5-7-9-11-13-15-17-19-21-23-25-27-29-31-33-35-37-36-34-32-30-28-26-24-22-20-18-16-14-12-10-8-6-4-2;1-2(4)3(5)6/h3-36H2,1-2H3;2,4H,1H3,(H,5,6). The summed E-state index contributed by atoms with van der Waals surface area (Å²) >= 11 is 0. The lowest BCUT2D eigenvalue weighted by molar-refractivity contribution is -0.145. The van der Waals surface area contributed by atoms with Crippen molar-refractivity contribution in [1.82, 2.24) is 0 Å². The van der Waals surface area contributed by atoms with Gasteiger partial charge in [-0.05, 0) is 19.8 Å². The molecule has 0 rings (SSSR count). The predicted octanol–water partition coefficient (Wildman–Crippen LogP) is 13.0. The number of hydrogen-bond acceptors (Lipinski definition) is 3. The quantitative estimate of drug-likeness (QED) is 0.0699. The molecule has 0 aliphatic rings. The minimum atomic E-state index is -1.23. The molecule has 0 fully saturated rings. The Hall–Kier alpha value is -0.610. The summed E-state index contributed by atoms with van der Waals surface area (Å²) in [5.74, 6) is -1.19. The molecule has 0 aliphatic heterocycles. The van der Waals surface area contributed by atoms with Crippen LogP contribution in [0.1, 0.15) is 226 Å². The number of carboxylic acids is 1. The molecular weight excluding hydrogens is 532 g/mol. The fourth-order valence-corrected chi connectivity index (χ4v) is 5.61. The Labute approximate surface area is 270 Å². The number of aliphatic hydroxyl groups is 1. The third-order valence-corrected chi connectivity index (χ3v) is 8.64. The fourth-order valence-electron chi connectivity index (χ4n) is 5.61. The van der Waals surface area contributed by atoms with Crippen LogP contribution in [0.2, 0.25) is 0 Å². The van der Waals surface area contributed by atoms with Crippen molar-refractivity contribution in [3.05, 3.63) is 0 Å². The van der Waals surface area contributed by atoms with Gasteiger partial charge in [0.1, 0.15) is 6.10 Å². The van der Waals surface area contributed by atoms with E-state index in [1.165, 1.54) is 212 Å². The van der Waals surface area contributed by atoms with E-state index in [1.807, 2.05) is 0 Å². The maximum atomic E-state index is 9.45. The predicted molar refractivity (Wildman–Crippen MR) is 189 cm³/mol. The Morgan fingerprint density at radius 1 is 0.419 bits per heavy atom. The molecular formula is C39H80O4.